The molecule has 0 spiro atoms. The molecular weight excluding hydrogens is 296 g/mol. The van der Waals surface area contributed by atoms with Crippen molar-refractivity contribution in [2.24, 2.45) is 29.6 Å². The molecule has 4 unspecified atom stereocenters. The maximum atomic E-state index is 4.28. The molecule has 0 saturated heterocycles. The quantitative estimate of drug-likeness (QED) is 0.317. The summed E-state index contributed by atoms with van der Waals surface area (Å²) in [5.41, 5.74) is 3.83. The topological polar surface area (TPSA) is 0 Å². The van der Waals surface area contributed by atoms with E-state index in [0.29, 0.717) is 0 Å². The lowest BCUT2D eigenvalue weighted by Gasteiger charge is -2.49. The molecule has 4 atom stereocenters. The molecular formula is C22H34S. The van der Waals surface area contributed by atoms with Gasteiger partial charge in [-0.05, 0) is 112 Å². The predicted octanol–water partition coefficient (Wildman–Crippen LogP) is 6.59. The Kier molecular flexibility index (Phi) is 5.23. The van der Waals surface area contributed by atoms with E-state index in [-0.39, 0.29) is 0 Å². The summed E-state index contributed by atoms with van der Waals surface area (Å²) in [5.74, 6) is 6.40. The molecule has 23 heavy (non-hydrogen) atoms. The van der Waals surface area contributed by atoms with Crippen LogP contribution in [0.25, 0.3) is 0 Å². The van der Waals surface area contributed by atoms with Crippen LogP contribution in [-0.4, -0.2) is 5.75 Å². The van der Waals surface area contributed by atoms with Gasteiger partial charge in [0.05, 0.1) is 0 Å². The molecule has 2 fully saturated rings. The van der Waals surface area contributed by atoms with Crippen LogP contribution < -0.4 is 0 Å². The van der Waals surface area contributed by atoms with Gasteiger partial charge in [0, 0.05) is 0 Å². The van der Waals surface area contributed by atoms with Crippen molar-refractivity contribution in [3.8, 4) is 0 Å². The van der Waals surface area contributed by atoms with E-state index in [1.54, 1.807) is 25.7 Å². The number of rotatable bonds is 6. The second-order valence-electron chi connectivity index (χ2n) is 8.91. The van der Waals surface area contributed by atoms with E-state index in [4.69, 9.17) is 0 Å². The average molecular weight is 331 g/mol. The lowest BCUT2D eigenvalue weighted by molar-refractivity contribution is 0.0314. The van der Waals surface area contributed by atoms with Crippen molar-refractivity contribution in [3.63, 3.8) is 0 Å². The summed E-state index contributed by atoms with van der Waals surface area (Å²) in [6.45, 7) is 0. The second-order valence-corrected chi connectivity index (χ2v) is 9.35. The van der Waals surface area contributed by atoms with Crippen LogP contribution in [0.1, 0.15) is 77.0 Å². The Labute approximate surface area is 148 Å². The number of fused-ring (bicyclic) bond motifs is 2. The van der Waals surface area contributed by atoms with Gasteiger partial charge in [-0.1, -0.05) is 23.3 Å². The van der Waals surface area contributed by atoms with Gasteiger partial charge in [0.1, 0.15) is 0 Å². The molecule has 4 aliphatic carbocycles. The highest BCUT2D eigenvalue weighted by Gasteiger charge is 2.44. The highest BCUT2D eigenvalue weighted by atomic mass is 32.1. The Hall–Kier alpha value is -0.170. The minimum absolute atomic E-state index is 0.943. The largest absolute Gasteiger partial charge is 0.179 e. The standard InChI is InChI=1S/C22H34S/c23-9-5-3-1-2-4-6-16-10-19-14-21-12-17-7-8-18(17)13-22(21)15-20(19)11-16/h2,4,16-18,21-23H,1,3,5-15H2/b4-2-. The predicted molar refractivity (Wildman–Crippen MR) is 103 cm³/mol. The summed E-state index contributed by atoms with van der Waals surface area (Å²) >= 11 is 4.28. The van der Waals surface area contributed by atoms with Gasteiger partial charge in [-0.2, -0.15) is 12.6 Å². The van der Waals surface area contributed by atoms with Crippen LogP contribution in [-0.2, 0) is 0 Å². The maximum absolute atomic E-state index is 4.28. The van der Waals surface area contributed by atoms with Crippen LogP contribution in [0.2, 0.25) is 0 Å². The number of hydrogen-bond acceptors (Lipinski definition) is 1. The van der Waals surface area contributed by atoms with Crippen LogP contribution in [0.4, 0.5) is 0 Å². The zero-order chi connectivity index (χ0) is 15.6. The van der Waals surface area contributed by atoms with Gasteiger partial charge in [0.15, 0.2) is 0 Å². The second kappa shape index (κ2) is 7.38. The first-order chi connectivity index (χ1) is 11.3. The number of thiol groups is 1. The zero-order valence-electron chi connectivity index (χ0n) is 14.7. The van der Waals surface area contributed by atoms with Gasteiger partial charge in [-0.15, -0.1) is 0 Å². The molecule has 0 nitrogen and oxygen atoms in total. The summed E-state index contributed by atoms with van der Waals surface area (Å²) in [6.07, 6.45) is 22.2. The van der Waals surface area contributed by atoms with Crippen molar-refractivity contribution < 1.29 is 0 Å². The number of hydrogen-bond donors (Lipinski definition) is 1. The fourth-order valence-corrected chi connectivity index (χ4v) is 6.24. The van der Waals surface area contributed by atoms with E-state index < -0.39 is 0 Å². The van der Waals surface area contributed by atoms with Gasteiger partial charge in [-0.3, -0.25) is 0 Å². The number of allylic oxidation sites excluding steroid dienone is 4. The third-order valence-electron chi connectivity index (χ3n) is 7.45. The van der Waals surface area contributed by atoms with Crippen LogP contribution in [0.15, 0.2) is 23.3 Å². The summed E-state index contributed by atoms with van der Waals surface area (Å²) in [4.78, 5) is 0. The smallest absolute Gasteiger partial charge is 0.00978 e. The van der Waals surface area contributed by atoms with Crippen molar-refractivity contribution >= 4 is 12.6 Å². The van der Waals surface area contributed by atoms with Crippen molar-refractivity contribution in [1.82, 2.24) is 0 Å². The fraction of sp³-hybridized carbons (Fsp3) is 0.818. The Morgan fingerprint density at radius 3 is 2.00 bits per heavy atom. The molecule has 4 rings (SSSR count). The first-order valence-corrected chi connectivity index (χ1v) is 10.9. The Balaban J connectivity index is 1.25. The lowest BCUT2D eigenvalue weighted by atomic mass is 9.56. The van der Waals surface area contributed by atoms with Crippen molar-refractivity contribution in [1.29, 1.82) is 0 Å². The van der Waals surface area contributed by atoms with Gasteiger partial charge in [0.25, 0.3) is 0 Å². The monoisotopic (exact) mass is 330 g/mol. The van der Waals surface area contributed by atoms with E-state index in [1.807, 2.05) is 11.1 Å². The zero-order valence-corrected chi connectivity index (χ0v) is 15.6. The Bertz CT molecular complexity index is 442. The third-order valence-corrected chi connectivity index (χ3v) is 7.77. The molecule has 0 aromatic heterocycles. The van der Waals surface area contributed by atoms with E-state index in [2.05, 4.69) is 24.8 Å². The molecule has 0 N–H and O–H groups in total. The van der Waals surface area contributed by atoms with E-state index in [9.17, 15) is 0 Å². The fourth-order valence-electron chi connectivity index (χ4n) is 6.01. The molecule has 0 aromatic carbocycles. The molecule has 0 radical (unpaired) electrons. The molecule has 0 aliphatic heterocycles. The minimum Gasteiger partial charge on any atom is -0.179 e. The van der Waals surface area contributed by atoms with Gasteiger partial charge in [0.2, 0.25) is 0 Å². The molecule has 0 heterocycles. The minimum atomic E-state index is 0.943. The maximum Gasteiger partial charge on any atom is -0.00978 e. The highest BCUT2D eigenvalue weighted by molar-refractivity contribution is 7.80. The highest BCUT2D eigenvalue weighted by Crippen LogP contribution is 2.56. The third kappa shape index (κ3) is 3.60. The molecule has 4 aliphatic rings. The Morgan fingerprint density at radius 1 is 0.783 bits per heavy atom. The SMILES string of the molecule is SCCCC/C=C\CC1CC2=C(C1)CC1CC3CCC3CC1C2. The van der Waals surface area contributed by atoms with Gasteiger partial charge < -0.3 is 0 Å². The molecule has 0 aromatic rings. The van der Waals surface area contributed by atoms with E-state index >= 15 is 0 Å². The molecule has 128 valence electrons. The average Bonchev–Trinajstić information content (AvgIpc) is 2.92. The van der Waals surface area contributed by atoms with Crippen molar-refractivity contribution in [3.05, 3.63) is 23.3 Å². The Morgan fingerprint density at radius 2 is 1.43 bits per heavy atom. The normalized spacial score (nSPS) is 39.1. The molecule has 1 heteroatoms. The van der Waals surface area contributed by atoms with E-state index in [1.165, 1.54) is 51.4 Å². The molecule has 0 bridgehead atoms. The van der Waals surface area contributed by atoms with E-state index in [0.717, 1.165) is 35.3 Å². The molecule has 0 amide bonds. The van der Waals surface area contributed by atoms with Crippen molar-refractivity contribution in [2.75, 3.05) is 5.75 Å². The van der Waals surface area contributed by atoms with Gasteiger partial charge in [-0.25, -0.2) is 0 Å². The first kappa shape index (κ1) is 16.3. The van der Waals surface area contributed by atoms with Gasteiger partial charge >= 0.3 is 0 Å². The molecule has 2 saturated carbocycles. The van der Waals surface area contributed by atoms with Crippen LogP contribution in [0.5, 0.6) is 0 Å². The van der Waals surface area contributed by atoms with Crippen LogP contribution in [0, 0.1) is 29.6 Å². The number of unbranched alkanes of at least 4 members (excludes halogenated alkanes) is 2. The van der Waals surface area contributed by atoms with Crippen LogP contribution >= 0.6 is 12.6 Å². The lowest BCUT2D eigenvalue weighted by Crippen LogP contribution is -2.39. The summed E-state index contributed by atoms with van der Waals surface area (Å²) in [7, 11) is 0. The summed E-state index contributed by atoms with van der Waals surface area (Å²) in [6, 6.07) is 0. The summed E-state index contributed by atoms with van der Waals surface area (Å²) < 4.78 is 0. The van der Waals surface area contributed by atoms with Crippen molar-refractivity contribution in [2.45, 2.75) is 77.0 Å². The van der Waals surface area contributed by atoms with Crippen LogP contribution in [0.3, 0.4) is 0 Å². The summed E-state index contributed by atoms with van der Waals surface area (Å²) in [5, 5.41) is 0. The first-order valence-electron chi connectivity index (χ1n) is 10.3.